The summed E-state index contributed by atoms with van der Waals surface area (Å²) in [5.41, 5.74) is 0.319. The van der Waals surface area contributed by atoms with E-state index in [4.69, 9.17) is 0 Å². The maximum absolute atomic E-state index is 3.84. The molecule has 1 fully saturated rings. The Morgan fingerprint density at radius 3 is 2.79 bits per heavy atom. The first kappa shape index (κ1) is 11.7. The van der Waals surface area contributed by atoms with Gasteiger partial charge in [-0.25, -0.2) is 0 Å². The second-order valence-electron chi connectivity index (χ2n) is 4.53. The van der Waals surface area contributed by atoms with Crippen molar-refractivity contribution in [3.63, 3.8) is 0 Å². The molecule has 0 radical (unpaired) electrons. The third-order valence-corrected chi connectivity index (χ3v) is 3.58. The standard InChI is InChI=1S/C12H24N2/c1-5-8-14-9-11(6-2)13-10-12(14,4)7-3/h5,11,13H,1,6-10H2,2-4H3. The van der Waals surface area contributed by atoms with E-state index in [-0.39, 0.29) is 0 Å². The number of hydrogen-bond donors (Lipinski definition) is 1. The van der Waals surface area contributed by atoms with E-state index in [2.05, 4.69) is 37.6 Å². The fraction of sp³-hybridized carbons (Fsp3) is 0.833. The van der Waals surface area contributed by atoms with E-state index in [0.717, 1.165) is 19.6 Å². The van der Waals surface area contributed by atoms with Gasteiger partial charge in [0, 0.05) is 31.2 Å². The van der Waals surface area contributed by atoms with Crippen LogP contribution < -0.4 is 5.32 Å². The van der Waals surface area contributed by atoms with Crippen LogP contribution in [0.3, 0.4) is 0 Å². The average molecular weight is 196 g/mol. The molecule has 0 aliphatic carbocycles. The molecule has 0 saturated carbocycles. The van der Waals surface area contributed by atoms with Crippen molar-refractivity contribution >= 4 is 0 Å². The van der Waals surface area contributed by atoms with Crippen molar-refractivity contribution in [1.82, 2.24) is 10.2 Å². The first-order valence-corrected chi connectivity index (χ1v) is 5.75. The topological polar surface area (TPSA) is 15.3 Å². The fourth-order valence-corrected chi connectivity index (χ4v) is 2.10. The highest BCUT2D eigenvalue weighted by molar-refractivity contribution is 4.96. The van der Waals surface area contributed by atoms with Crippen molar-refractivity contribution < 1.29 is 0 Å². The predicted molar refractivity (Wildman–Crippen MR) is 62.5 cm³/mol. The lowest BCUT2D eigenvalue weighted by molar-refractivity contribution is 0.0597. The largest absolute Gasteiger partial charge is 0.311 e. The van der Waals surface area contributed by atoms with E-state index < -0.39 is 0 Å². The molecule has 1 aliphatic heterocycles. The lowest BCUT2D eigenvalue weighted by atomic mass is 9.91. The summed E-state index contributed by atoms with van der Waals surface area (Å²) in [6.45, 7) is 14.0. The zero-order valence-electron chi connectivity index (χ0n) is 9.84. The first-order chi connectivity index (χ1) is 6.66. The molecule has 1 aliphatic rings. The molecule has 1 N–H and O–H groups in total. The van der Waals surface area contributed by atoms with Crippen LogP contribution in [0.1, 0.15) is 33.6 Å². The molecule has 0 amide bonds. The van der Waals surface area contributed by atoms with Gasteiger partial charge in [0.25, 0.3) is 0 Å². The summed E-state index contributed by atoms with van der Waals surface area (Å²) in [4.78, 5) is 2.56. The Morgan fingerprint density at radius 1 is 1.57 bits per heavy atom. The Labute approximate surface area is 88.4 Å². The van der Waals surface area contributed by atoms with Crippen LogP contribution in [0.25, 0.3) is 0 Å². The molecule has 1 saturated heterocycles. The zero-order valence-corrected chi connectivity index (χ0v) is 9.84. The Morgan fingerprint density at radius 2 is 2.29 bits per heavy atom. The molecule has 0 aromatic carbocycles. The van der Waals surface area contributed by atoms with Crippen molar-refractivity contribution in [2.45, 2.75) is 45.2 Å². The summed E-state index contributed by atoms with van der Waals surface area (Å²) in [5.74, 6) is 0. The van der Waals surface area contributed by atoms with Crippen LogP contribution in [0.2, 0.25) is 0 Å². The molecule has 14 heavy (non-hydrogen) atoms. The van der Waals surface area contributed by atoms with Gasteiger partial charge in [0.15, 0.2) is 0 Å². The quantitative estimate of drug-likeness (QED) is 0.692. The number of hydrogen-bond acceptors (Lipinski definition) is 2. The minimum absolute atomic E-state index is 0.319. The Bertz CT molecular complexity index is 191. The van der Waals surface area contributed by atoms with Gasteiger partial charge >= 0.3 is 0 Å². The summed E-state index contributed by atoms with van der Waals surface area (Å²) < 4.78 is 0. The van der Waals surface area contributed by atoms with Gasteiger partial charge in [0.1, 0.15) is 0 Å². The van der Waals surface area contributed by atoms with Gasteiger partial charge in [-0.05, 0) is 19.8 Å². The van der Waals surface area contributed by atoms with Gasteiger partial charge in [-0.15, -0.1) is 6.58 Å². The third kappa shape index (κ3) is 2.37. The van der Waals surface area contributed by atoms with Crippen molar-refractivity contribution in [3.8, 4) is 0 Å². The Kier molecular flexibility index (Phi) is 4.14. The van der Waals surface area contributed by atoms with Crippen molar-refractivity contribution in [3.05, 3.63) is 12.7 Å². The summed E-state index contributed by atoms with van der Waals surface area (Å²) in [6, 6.07) is 0.662. The average Bonchev–Trinajstić information content (AvgIpc) is 2.22. The number of nitrogens with one attached hydrogen (secondary N) is 1. The van der Waals surface area contributed by atoms with Crippen molar-refractivity contribution in [2.24, 2.45) is 0 Å². The maximum Gasteiger partial charge on any atom is 0.0307 e. The lowest BCUT2D eigenvalue weighted by Crippen LogP contribution is -2.62. The monoisotopic (exact) mass is 196 g/mol. The van der Waals surface area contributed by atoms with Crippen LogP contribution in [0.15, 0.2) is 12.7 Å². The molecule has 0 spiro atoms. The molecule has 2 heteroatoms. The number of rotatable bonds is 4. The molecule has 1 heterocycles. The van der Waals surface area contributed by atoms with Gasteiger partial charge in [-0.1, -0.05) is 19.9 Å². The van der Waals surface area contributed by atoms with E-state index in [1.165, 1.54) is 12.8 Å². The SMILES string of the molecule is C=CCN1CC(CC)NCC1(C)CC. The van der Waals surface area contributed by atoms with Crippen LogP contribution >= 0.6 is 0 Å². The molecule has 2 unspecified atom stereocenters. The third-order valence-electron chi connectivity index (χ3n) is 3.58. The Hall–Kier alpha value is -0.340. The second kappa shape index (κ2) is 4.94. The van der Waals surface area contributed by atoms with Crippen molar-refractivity contribution in [2.75, 3.05) is 19.6 Å². The molecule has 0 aromatic heterocycles. The molecule has 0 bridgehead atoms. The first-order valence-electron chi connectivity index (χ1n) is 5.75. The summed E-state index contributed by atoms with van der Waals surface area (Å²) in [7, 11) is 0. The zero-order chi connectivity index (χ0) is 10.6. The Balaban J connectivity index is 2.64. The molecular formula is C12H24N2. The maximum atomic E-state index is 3.84. The van der Waals surface area contributed by atoms with Crippen LogP contribution in [-0.4, -0.2) is 36.1 Å². The van der Waals surface area contributed by atoms with Gasteiger partial charge in [-0.2, -0.15) is 0 Å². The van der Waals surface area contributed by atoms with E-state index in [1.807, 2.05) is 6.08 Å². The molecule has 0 aromatic rings. The van der Waals surface area contributed by atoms with Crippen molar-refractivity contribution in [1.29, 1.82) is 0 Å². The highest BCUT2D eigenvalue weighted by atomic mass is 15.3. The number of nitrogens with zero attached hydrogens (tertiary/aromatic N) is 1. The molecule has 2 nitrogen and oxygen atoms in total. The molecule has 1 rings (SSSR count). The lowest BCUT2D eigenvalue weighted by Gasteiger charge is -2.47. The summed E-state index contributed by atoms with van der Waals surface area (Å²) >= 11 is 0. The van der Waals surface area contributed by atoms with Gasteiger partial charge in [0.2, 0.25) is 0 Å². The van der Waals surface area contributed by atoms with Crippen LogP contribution in [0.4, 0.5) is 0 Å². The highest BCUT2D eigenvalue weighted by Crippen LogP contribution is 2.23. The van der Waals surface area contributed by atoms with Crippen LogP contribution in [0, 0.1) is 0 Å². The molecule has 2 atom stereocenters. The molecular weight excluding hydrogens is 172 g/mol. The molecule has 82 valence electrons. The highest BCUT2D eigenvalue weighted by Gasteiger charge is 2.34. The van der Waals surface area contributed by atoms with Gasteiger partial charge in [0.05, 0.1) is 0 Å². The summed E-state index contributed by atoms with van der Waals surface area (Å²) in [5, 5.41) is 3.62. The summed E-state index contributed by atoms with van der Waals surface area (Å²) in [6.07, 6.45) is 4.43. The fourth-order valence-electron chi connectivity index (χ4n) is 2.10. The van der Waals surface area contributed by atoms with Crippen LogP contribution in [0.5, 0.6) is 0 Å². The smallest absolute Gasteiger partial charge is 0.0307 e. The van der Waals surface area contributed by atoms with Gasteiger partial charge < -0.3 is 5.32 Å². The minimum atomic E-state index is 0.319. The van der Waals surface area contributed by atoms with E-state index in [9.17, 15) is 0 Å². The van der Waals surface area contributed by atoms with E-state index in [0.29, 0.717) is 11.6 Å². The van der Waals surface area contributed by atoms with Crippen LogP contribution in [-0.2, 0) is 0 Å². The van der Waals surface area contributed by atoms with E-state index in [1.54, 1.807) is 0 Å². The number of piperazine rings is 1. The minimum Gasteiger partial charge on any atom is -0.311 e. The van der Waals surface area contributed by atoms with Gasteiger partial charge in [-0.3, -0.25) is 4.90 Å². The second-order valence-corrected chi connectivity index (χ2v) is 4.53. The predicted octanol–water partition coefficient (Wildman–Crippen LogP) is 2.02. The normalized spacial score (nSPS) is 34.4. The van der Waals surface area contributed by atoms with E-state index >= 15 is 0 Å².